The van der Waals surface area contributed by atoms with Crippen LogP contribution in [-0.2, 0) is 0 Å². The molecule has 1 atom stereocenters. The molecule has 17 heavy (non-hydrogen) atoms. The number of hydrogen-bond donors (Lipinski definition) is 1. The number of rotatable bonds is 5. The molecule has 2 N–H and O–H groups in total. The molecule has 0 unspecified atom stereocenters. The van der Waals surface area contributed by atoms with Gasteiger partial charge in [0.15, 0.2) is 0 Å². The van der Waals surface area contributed by atoms with Crippen LogP contribution in [0.3, 0.4) is 0 Å². The fourth-order valence-electron chi connectivity index (χ4n) is 2.23. The Kier molecular flexibility index (Phi) is 4.82. The highest BCUT2D eigenvalue weighted by Crippen LogP contribution is 2.34. The summed E-state index contributed by atoms with van der Waals surface area (Å²) in [4.78, 5) is 2.33. The van der Waals surface area contributed by atoms with E-state index in [9.17, 15) is 0 Å². The number of nitrogens with zero attached hydrogens (tertiary/aromatic N) is 1. The smallest absolute Gasteiger partial charge is 0.125 e. The van der Waals surface area contributed by atoms with Gasteiger partial charge in [0.25, 0.3) is 0 Å². The minimum Gasteiger partial charge on any atom is -0.496 e. The van der Waals surface area contributed by atoms with Crippen molar-refractivity contribution in [2.45, 2.75) is 39.8 Å². The van der Waals surface area contributed by atoms with E-state index in [1.807, 2.05) is 19.1 Å². The fraction of sp³-hybridized carbons (Fsp3) is 0.571. The summed E-state index contributed by atoms with van der Waals surface area (Å²) < 4.78 is 5.42. The summed E-state index contributed by atoms with van der Waals surface area (Å²) in [7, 11) is 1.69. The van der Waals surface area contributed by atoms with Gasteiger partial charge in [0, 0.05) is 29.9 Å². The molecule has 0 fully saturated rings. The molecule has 3 nitrogen and oxygen atoms in total. The van der Waals surface area contributed by atoms with E-state index in [0.717, 1.165) is 17.9 Å². The second kappa shape index (κ2) is 5.92. The molecular formula is C14H24N2O. The van der Waals surface area contributed by atoms with Crippen LogP contribution in [0.15, 0.2) is 18.2 Å². The van der Waals surface area contributed by atoms with Crippen molar-refractivity contribution < 1.29 is 4.74 Å². The molecule has 0 spiro atoms. The predicted molar refractivity (Wildman–Crippen MR) is 73.8 cm³/mol. The molecule has 1 aromatic carbocycles. The van der Waals surface area contributed by atoms with Crippen LogP contribution >= 0.6 is 0 Å². The van der Waals surface area contributed by atoms with Gasteiger partial charge in [-0.15, -0.1) is 0 Å². The van der Waals surface area contributed by atoms with Gasteiger partial charge < -0.3 is 15.4 Å². The summed E-state index contributed by atoms with van der Waals surface area (Å²) in [5.41, 5.74) is 8.34. The standard InChI is InChI=1S/C14H24N2O/c1-6-16(10(2)3)12-8-7-9-13(17-5)14(12)11(4)15/h7-11H,6,15H2,1-5H3/t11-/m0/s1. The molecule has 0 amide bonds. The molecule has 0 aliphatic rings. The highest BCUT2D eigenvalue weighted by molar-refractivity contribution is 5.61. The average Bonchev–Trinajstić information content (AvgIpc) is 2.28. The lowest BCUT2D eigenvalue weighted by molar-refractivity contribution is 0.406. The lowest BCUT2D eigenvalue weighted by Crippen LogP contribution is -2.32. The van der Waals surface area contributed by atoms with Crippen molar-refractivity contribution in [3.05, 3.63) is 23.8 Å². The number of anilines is 1. The topological polar surface area (TPSA) is 38.5 Å². The van der Waals surface area contributed by atoms with Crippen LogP contribution in [0.4, 0.5) is 5.69 Å². The maximum Gasteiger partial charge on any atom is 0.125 e. The van der Waals surface area contributed by atoms with E-state index in [1.54, 1.807) is 7.11 Å². The van der Waals surface area contributed by atoms with E-state index >= 15 is 0 Å². The van der Waals surface area contributed by atoms with Crippen molar-refractivity contribution in [2.75, 3.05) is 18.6 Å². The minimum absolute atomic E-state index is 0.0334. The molecule has 0 heterocycles. The molecule has 1 aromatic rings. The van der Waals surface area contributed by atoms with Gasteiger partial charge in [-0.05, 0) is 39.8 Å². The Morgan fingerprint density at radius 2 is 1.94 bits per heavy atom. The van der Waals surface area contributed by atoms with Gasteiger partial charge in [0.1, 0.15) is 5.75 Å². The maximum absolute atomic E-state index is 6.08. The Balaban J connectivity index is 3.31. The molecule has 0 radical (unpaired) electrons. The Hall–Kier alpha value is -1.22. The van der Waals surface area contributed by atoms with Crippen LogP contribution in [0, 0.1) is 0 Å². The molecule has 0 aromatic heterocycles. The summed E-state index contributed by atoms with van der Waals surface area (Å²) in [5.74, 6) is 0.872. The summed E-state index contributed by atoms with van der Waals surface area (Å²) in [6.07, 6.45) is 0. The third kappa shape index (κ3) is 2.91. The second-order valence-corrected chi connectivity index (χ2v) is 4.56. The van der Waals surface area contributed by atoms with Crippen LogP contribution in [0.1, 0.15) is 39.3 Å². The van der Waals surface area contributed by atoms with Gasteiger partial charge in [-0.3, -0.25) is 0 Å². The number of hydrogen-bond acceptors (Lipinski definition) is 3. The first kappa shape index (κ1) is 13.8. The van der Waals surface area contributed by atoms with Crippen LogP contribution < -0.4 is 15.4 Å². The van der Waals surface area contributed by atoms with Gasteiger partial charge >= 0.3 is 0 Å². The summed E-state index contributed by atoms with van der Waals surface area (Å²) in [5, 5.41) is 0. The van der Waals surface area contributed by atoms with E-state index in [4.69, 9.17) is 10.5 Å². The van der Waals surface area contributed by atoms with Gasteiger partial charge in [-0.1, -0.05) is 6.07 Å². The Labute approximate surface area is 105 Å². The van der Waals surface area contributed by atoms with E-state index < -0.39 is 0 Å². The molecule has 1 rings (SSSR count). The first-order valence-corrected chi connectivity index (χ1v) is 6.22. The third-order valence-electron chi connectivity index (χ3n) is 2.99. The first-order valence-electron chi connectivity index (χ1n) is 6.22. The van der Waals surface area contributed by atoms with Crippen LogP contribution in [0.5, 0.6) is 5.75 Å². The van der Waals surface area contributed by atoms with Crippen LogP contribution in [0.2, 0.25) is 0 Å². The van der Waals surface area contributed by atoms with Crippen molar-refractivity contribution in [3.8, 4) is 5.75 Å². The molecule has 0 aliphatic heterocycles. The van der Waals surface area contributed by atoms with Crippen LogP contribution in [-0.4, -0.2) is 19.7 Å². The Morgan fingerprint density at radius 1 is 1.29 bits per heavy atom. The average molecular weight is 236 g/mol. The molecule has 0 aliphatic carbocycles. The summed E-state index contributed by atoms with van der Waals surface area (Å²) in [6, 6.07) is 6.52. The minimum atomic E-state index is -0.0334. The largest absolute Gasteiger partial charge is 0.496 e. The lowest BCUT2D eigenvalue weighted by atomic mass is 10.0. The zero-order valence-electron chi connectivity index (χ0n) is 11.5. The van der Waals surface area contributed by atoms with E-state index in [2.05, 4.69) is 31.7 Å². The highest BCUT2D eigenvalue weighted by Gasteiger charge is 2.18. The van der Waals surface area contributed by atoms with Gasteiger partial charge in [-0.25, -0.2) is 0 Å². The zero-order valence-corrected chi connectivity index (χ0v) is 11.5. The lowest BCUT2D eigenvalue weighted by Gasteiger charge is -2.31. The number of nitrogens with two attached hydrogens (primary N) is 1. The number of benzene rings is 1. The highest BCUT2D eigenvalue weighted by atomic mass is 16.5. The molecule has 0 saturated heterocycles. The van der Waals surface area contributed by atoms with Gasteiger partial charge in [0.05, 0.1) is 7.11 Å². The van der Waals surface area contributed by atoms with Gasteiger partial charge in [0.2, 0.25) is 0 Å². The monoisotopic (exact) mass is 236 g/mol. The number of methoxy groups -OCH3 is 1. The number of ether oxygens (including phenoxy) is 1. The normalized spacial score (nSPS) is 12.6. The molecule has 0 bridgehead atoms. The van der Waals surface area contributed by atoms with E-state index in [1.165, 1.54) is 5.69 Å². The molecule has 0 saturated carbocycles. The van der Waals surface area contributed by atoms with Crippen molar-refractivity contribution in [3.63, 3.8) is 0 Å². The van der Waals surface area contributed by atoms with E-state index in [-0.39, 0.29) is 6.04 Å². The quantitative estimate of drug-likeness (QED) is 0.854. The molecule has 96 valence electrons. The Bertz CT molecular complexity index is 361. The van der Waals surface area contributed by atoms with Gasteiger partial charge in [-0.2, -0.15) is 0 Å². The van der Waals surface area contributed by atoms with Crippen molar-refractivity contribution >= 4 is 5.69 Å². The zero-order chi connectivity index (χ0) is 13.0. The predicted octanol–water partition coefficient (Wildman–Crippen LogP) is 2.95. The van der Waals surface area contributed by atoms with Crippen LogP contribution in [0.25, 0.3) is 0 Å². The Morgan fingerprint density at radius 3 is 2.35 bits per heavy atom. The van der Waals surface area contributed by atoms with Crippen molar-refractivity contribution in [2.24, 2.45) is 5.73 Å². The SMILES string of the molecule is CCN(c1cccc(OC)c1[C@H](C)N)C(C)C. The van der Waals surface area contributed by atoms with Crippen molar-refractivity contribution in [1.29, 1.82) is 0 Å². The second-order valence-electron chi connectivity index (χ2n) is 4.56. The summed E-state index contributed by atoms with van der Waals surface area (Å²) in [6.45, 7) is 9.49. The first-order chi connectivity index (χ1) is 8.02. The third-order valence-corrected chi connectivity index (χ3v) is 2.99. The molecule has 3 heteroatoms. The molecular weight excluding hydrogens is 212 g/mol. The fourth-order valence-corrected chi connectivity index (χ4v) is 2.23. The van der Waals surface area contributed by atoms with Crippen molar-refractivity contribution in [1.82, 2.24) is 0 Å². The summed E-state index contributed by atoms with van der Waals surface area (Å²) >= 11 is 0. The maximum atomic E-state index is 6.08. The van der Waals surface area contributed by atoms with E-state index in [0.29, 0.717) is 6.04 Å².